The molecule has 21 heavy (non-hydrogen) atoms. The molecule has 1 saturated heterocycles. The highest BCUT2D eigenvalue weighted by atomic mass is 79.9. The van der Waals surface area contributed by atoms with Crippen molar-refractivity contribution >= 4 is 31.9 Å². The molecule has 0 aromatic heterocycles. The maximum Gasteiger partial charge on any atom is 0.176 e. The van der Waals surface area contributed by atoms with E-state index in [-0.39, 0.29) is 0 Å². The van der Waals surface area contributed by atoms with E-state index >= 15 is 0 Å². The average Bonchev–Trinajstić information content (AvgIpc) is 2.92. The predicted octanol–water partition coefficient (Wildman–Crippen LogP) is 4.74. The molecule has 4 heteroatoms. The van der Waals surface area contributed by atoms with Gasteiger partial charge in [-0.05, 0) is 35.4 Å². The van der Waals surface area contributed by atoms with E-state index in [0.717, 1.165) is 21.8 Å². The Morgan fingerprint density at radius 2 is 1.10 bits per heavy atom. The number of hydrogen-bond donors (Lipinski definition) is 0. The Bertz CT molecular complexity index is 538. The standard InChI is InChI=1S/C17H16Br2O2/c18-15-5-1-13(2-6-15)11-17(20-9-10-21-17)12-14-3-7-16(19)8-4-14/h1-8H,9-12H2. The maximum absolute atomic E-state index is 5.96. The Morgan fingerprint density at radius 1 is 0.714 bits per heavy atom. The maximum atomic E-state index is 5.96. The van der Waals surface area contributed by atoms with Gasteiger partial charge in [0, 0.05) is 21.8 Å². The minimum absolute atomic E-state index is 0.540. The van der Waals surface area contributed by atoms with E-state index in [1.54, 1.807) is 0 Å². The highest BCUT2D eigenvalue weighted by Gasteiger charge is 2.36. The van der Waals surface area contributed by atoms with Crippen molar-refractivity contribution in [2.45, 2.75) is 18.6 Å². The molecule has 0 radical (unpaired) electrons. The Labute approximate surface area is 141 Å². The Morgan fingerprint density at radius 3 is 1.48 bits per heavy atom. The van der Waals surface area contributed by atoms with Gasteiger partial charge in [0.15, 0.2) is 5.79 Å². The molecule has 0 unspecified atom stereocenters. The van der Waals surface area contributed by atoms with Crippen LogP contribution in [0.2, 0.25) is 0 Å². The lowest BCUT2D eigenvalue weighted by Crippen LogP contribution is -2.35. The molecular formula is C17H16Br2O2. The second-order valence-electron chi connectivity index (χ2n) is 5.21. The molecule has 3 rings (SSSR count). The van der Waals surface area contributed by atoms with Gasteiger partial charge in [0.05, 0.1) is 13.2 Å². The van der Waals surface area contributed by atoms with E-state index in [2.05, 4.69) is 80.4 Å². The molecule has 0 bridgehead atoms. The van der Waals surface area contributed by atoms with Gasteiger partial charge in [0.2, 0.25) is 0 Å². The van der Waals surface area contributed by atoms with Crippen LogP contribution in [0.15, 0.2) is 57.5 Å². The van der Waals surface area contributed by atoms with Crippen LogP contribution < -0.4 is 0 Å². The van der Waals surface area contributed by atoms with Crippen molar-refractivity contribution in [1.82, 2.24) is 0 Å². The van der Waals surface area contributed by atoms with Gasteiger partial charge in [-0.3, -0.25) is 0 Å². The quantitative estimate of drug-likeness (QED) is 0.723. The van der Waals surface area contributed by atoms with Crippen LogP contribution >= 0.6 is 31.9 Å². The van der Waals surface area contributed by atoms with Gasteiger partial charge < -0.3 is 9.47 Å². The van der Waals surface area contributed by atoms with Crippen LogP contribution in [-0.2, 0) is 22.3 Å². The topological polar surface area (TPSA) is 18.5 Å². The molecule has 1 fully saturated rings. The van der Waals surface area contributed by atoms with E-state index < -0.39 is 5.79 Å². The number of hydrogen-bond acceptors (Lipinski definition) is 2. The van der Waals surface area contributed by atoms with Crippen molar-refractivity contribution in [3.05, 3.63) is 68.6 Å². The summed E-state index contributed by atoms with van der Waals surface area (Å²) in [5.74, 6) is -0.540. The summed E-state index contributed by atoms with van der Waals surface area (Å²) in [6.45, 7) is 1.32. The molecule has 0 amide bonds. The molecule has 1 heterocycles. The lowest BCUT2D eigenvalue weighted by Gasteiger charge is -2.28. The molecule has 2 aromatic rings. The fraction of sp³-hybridized carbons (Fsp3) is 0.294. The summed E-state index contributed by atoms with van der Waals surface area (Å²) in [6, 6.07) is 16.7. The number of ether oxygens (including phenoxy) is 2. The molecule has 0 N–H and O–H groups in total. The van der Waals surface area contributed by atoms with Crippen molar-refractivity contribution in [3.8, 4) is 0 Å². The minimum Gasteiger partial charge on any atom is -0.347 e. The van der Waals surface area contributed by atoms with Crippen LogP contribution in [0.5, 0.6) is 0 Å². The van der Waals surface area contributed by atoms with Crippen molar-refractivity contribution in [1.29, 1.82) is 0 Å². The molecule has 0 spiro atoms. The minimum atomic E-state index is -0.540. The summed E-state index contributed by atoms with van der Waals surface area (Å²) in [4.78, 5) is 0. The van der Waals surface area contributed by atoms with E-state index in [9.17, 15) is 0 Å². The van der Waals surface area contributed by atoms with Gasteiger partial charge in [0.25, 0.3) is 0 Å². The second kappa shape index (κ2) is 6.61. The normalized spacial score (nSPS) is 17.0. The zero-order valence-corrected chi connectivity index (χ0v) is 14.7. The van der Waals surface area contributed by atoms with Gasteiger partial charge in [-0.15, -0.1) is 0 Å². The summed E-state index contributed by atoms with van der Waals surface area (Å²) < 4.78 is 14.1. The van der Waals surface area contributed by atoms with Gasteiger partial charge >= 0.3 is 0 Å². The fourth-order valence-corrected chi connectivity index (χ4v) is 3.12. The molecular weight excluding hydrogens is 396 g/mol. The highest BCUT2D eigenvalue weighted by Crippen LogP contribution is 2.29. The fourth-order valence-electron chi connectivity index (χ4n) is 2.59. The van der Waals surface area contributed by atoms with Crippen molar-refractivity contribution in [3.63, 3.8) is 0 Å². The first-order valence-electron chi connectivity index (χ1n) is 6.92. The van der Waals surface area contributed by atoms with Gasteiger partial charge in [-0.2, -0.15) is 0 Å². The smallest absolute Gasteiger partial charge is 0.176 e. The zero-order valence-electron chi connectivity index (χ0n) is 11.5. The zero-order chi connectivity index (χ0) is 14.7. The summed E-state index contributed by atoms with van der Waals surface area (Å²) in [5.41, 5.74) is 2.44. The van der Waals surface area contributed by atoms with Gasteiger partial charge in [-0.25, -0.2) is 0 Å². The molecule has 2 nitrogen and oxygen atoms in total. The van der Waals surface area contributed by atoms with Crippen molar-refractivity contribution < 1.29 is 9.47 Å². The molecule has 0 aliphatic carbocycles. The van der Waals surface area contributed by atoms with Crippen LogP contribution in [0.4, 0.5) is 0 Å². The first-order valence-corrected chi connectivity index (χ1v) is 8.51. The monoisotopic (exact) mass is 410 g/mol. The summed E-state index contributed by atoms with van der Waals surface area (Å²) >= 11 is 6.93. The molecule has 110 valence electrons. The first kappa shape index (κ1) is 15.2. The van der Waals surface area contributed by atoms with Crippen LogP contribution in [0.1, 0.15) is 11.1 Å². The van der Waals surface area contributed by atoms with Gasteiger partial charge in [-0.1, -0.05) is 56.1 Å². The Kier molecular flexibility index (Phi) is 4.79. The molecule has 0 saturated carbocycles. The van der Waals surface area contributed by atoms with E-state index in [4.69, 9.17) is 9.47 Å². The van der Waals surface area contributed by atoms with Crippen LogP contribution in [0.25, 0.3) is 0 Å². The number of rotatable bonds is 4. The van der Waals surface area contributed by atoms with Crippen LogP contribution in [-0.4, -0.2) is 19.0 Å². The Balaban J connectivity index is 1.79. The first-order chi connectivity index (χ1) is 10.2. The molecule has 1 aliphatic rings. The number of benzene rings is 2. The van der Waals surface area contributed by atoms with Crippen LogP contribution in [0, 0.1) is 0 Å². The van der Waals surface area contributed by atoms with Crippen LogP contribution in [0.3, 0.4) is 0 Å². The molecule has 0 atom stereocenters. The number of halogens is 2. The second-order valence-corrected chi connectivity index (χ2v) is 7.05. The molecule has 2 aromatic carbocycles. The summed E-state index contributed by atoms with van der Waals surface area (Å²) in [5, 5.41) is 0. The largest absolute Gasteiger partial charge is 0.347 e. The third-order valence-electron chi connectivity index (χ3n) is 3.59. The molecule has 1 aliphatic heterocycles. The van der Waals surface area contributed by atoms with Crippen molar-refractivity contribution in [2.24, 2.45) is 0 Å². The third kappa shape index (κ3) is 3.95. The van der Waals surface area contributed by atoms with E-state index in [0.29, 0.717) is 13.2 Å². The highest BCUT2D eigenvalue weighted by molar-refractivity contribution is 9.10. The van der Waals surface area contributed by atoms with Gasteiger partial charge in [0.1, 0.15) is 0 Å². The average molecular weight is 412 g/mol. The SMILES string of the molecule is Brc1ccc(CC2(Cc3ccc(Br)cc3)OCCO2)cc1. The lowest BCUT2D eigenvalue weighted by atomic mass is 9.98. The van der Waals surface area contributed by atoms with E-state index in [1.165, 1.54) is 11.1 Å². The Hall–Kier alpha value is -0.680. The van der Waals surface area contributed by atoms with E-state index in [1.807, 2.05) is 0 Å². The van der Waals surface area contributed by atoms with Crippen molar-refractivity contribution in [2.75, 3.05) is 13.2 Å². The third-order valence-corrected chi connectivity index (χ3v) is 4.64. The summed E-state index contributed by atoms with van der Waals surface area (Å²) in [7, 11) is 0. The summed E-state index contributed by atoms with van der Waals surface area (Å²) in [6.07, 6.45) is 1.52. The predicted molar refractivity (Wildman–Crippen MR) is 90.3 cm³/mol. The lowest BCUT2D eigenvalue weighted by molar-refractivity contribution is -0.154.